The van der Waals surface area contributed by atoms with Crippen LogP contribution in [0.1, 0.15) is 26.2 Å². The Bertz CT molecular complexity index is 264. The van der Waals surface area contributed by atoms with Gasteiger partial charge in [-0.05, 0) is 12.3 Å². The molecule has 2 amide bonds. The van der Waals surface area contributed by atoms with Gasteiger partial charge in [-0.15, -0.1) is 0 Å². The molecule has 5 nitrogen and oxygen atoms in total. The monoisotopic (exact) mass is 228 g/mol. The Morgan fingerprint density at radius 3 is 2.62 bits per heavy atom. The summed E-state index contributed by atoms with van der Waals surface area (Å²) in [6, 6.07) is -0.186. The van der Waals surface area contributed by atoms with E-state index in [1.807, 2.05) is 0 Å². The molecule has 92 valence electrons. The zero-order valence-corrected chi connectivity index (χ0v) is 9.90. The van der Waals surface area contributed by atoms with E-state index in [1.54, 1.807) is 14.0 Å². The number of nitrogens with zero attached hydrogens (tertiary/aromatic N) is 1. The van der Waals surface area contributed by atoms with Crippen LogP contribution in [0.4, 0.5) is 4.79 Å². The number of rotatable bonds is 6. The van der Waals surface area contributed by atoms with Gasteiger partial charge in [-0.25, -0.2) is 4.79 Å². The van der Waals surface area contributed by atoms with Gasteiger partial charge >= 0.3 is 12.0 Å². The molecule has 1 saturated carbocycles. The van der Waals surface area contributed by atoms with E-state index in [1.165, 1.54) is 17.7 Å². The second-order valence-electron chi connectivity index (χ2n) is 4.58. The van der Waals surface area contributed by atoms with Crippen LogP contribution in [0, 0.1) is 11.8 Å². The Morgan fingerprint density at radius 1 is 1.50 bits per heavy atom. The quantitative estimate of drug-likeness (QED) is 0.716. The van der Waals surface area contributed by atoms with E-state index in [0.29, 0.717) is 6.54 Å². The van der Waals surface area contributed by atoms with Crippen LogP contribution < -0.4 is 5.32 Å². The van der Waals surface area contributed by atoms with Crippen LogP contribution in [0.15, 0.2) is 0 Å². The molecule has 0 spiro atoms. The standard InChI is InChI=1S/C11H20N2O3/c1-8(10(14)15)7-13(2)11(16)12-6-5-9-3-4-9/h8-9H,3-7H2,1-2H3,(H,12,16)(H,14,15). The summed E-state index contributed by atoms with van der Waals surface area (Å²) in [5, 5.41) is 11.5. The topological polar surface area (TPSA) is 69.6 Å². The van der Waals surface area contributed by atoms with Gasteiger partial charge in [0.25, 0.3) is 0 Å². The molecule has 1 aliphatic carbocycles. The van der Waals surface area contributed by atoms with Gasteiger partial charge < -0.3 is 15.3 Å². The van der Waals surface area contributed by atoms with Crippen molar-refractivity contribution in [1.82, 2.24) is 10.2 Å². The summed E-state index contributed by atoms with van der Waals surface area (Å²) in [4.78, 5) is 23.6. The summed E-state index contributed by atoms with van der Waals surface area (Å²) in [5.74, 6) is -0.611. The van der Waals surface area contributed by atoms with Gasteiger partial charge in [0.2, 0.25) is 0 Å². The fourth-order valence-corrected chi connectivity index (χ4v) is 1.50. The van der Waals surface area contributed by atoms with E-state index in [0.717, 1.165) is 12.3 Å². The summed E-state index contributed by atoms with van der Waals surface area (Å²) in [6.45, 7) is 2.52. The maximum absolute atomic E-state index is 11.5. The summed E-state index contributed by atoms with van der Waals surface area (Å²) in [5.41, 5.74) is 0. The molecule has 1 aliphatic rings. The molecule has 1 fully saturated rings. The molecule has 0 heterocycles. The van der Waals surface area contributed by atoms with Gasteiger partial charge in [0, 0.05) is 20.1 Å². The van der Waals surface area contributed by atoms with Crippen LogP contribution in [0.3, 0.4) is 0 Å². The summed E-state index contributed by atoms with van der Waals surface area (Å²) in [6.07, 6.45) is 3.59. The van der Waals surface area contributed by atoms with Crippen LogP contribution >= 0.6 is 0 Å². The average molecular weight is 228 g/mol. The molecule has 0 saturated heterocycles. The van der Waals surface area contributed by atoms with Crippen LogP contribution in [0.2, 0.25) is 0 Å². The Morgan fingerprint density at radius 2 is 2.12 bits per heavy atom. The van der Waals surface area contributed by atoms with Gasteiger partial charge in [0.15, 0.2) is 0 Å². The van der Waals surface area contributed by atoms with Crippen molar-refractivity contribution in [2.24, 2.45) is 11.8 Å². The van der Waals surface area contributed by atoms with E-state index in [-0.39, 0.29) is 12.6 Å². The minimum Gasteiger partial charge on any atom is -0.481 e. The molecule has 0 aromatic rings. The van der Waals surface area contributed by atoms with Crippen molar-refractivity contribution in [1.29, 1.82) is 0 Å². The third-order valence-corrected chi connectivity index (χ3v) is 2.84. The van der Waals surface area contributed by atoms with Crippen LogP contribution in [0.25, 0.3) is 0 Å². The summed E-state index contributed by atoms with van der Waals surface area (Å²) in [7, 11) is 1.62. The van der Waals surface area contributed by atoms with Crippen molar-refractivity contribution in [3.8, 4) is 0 Å². The van der Waals surface area contributed by atoms with Crippen molar-refractivity contribution in [3.05, 3.63) is 0 Å². The molecule has 0 aromatic carbocycles. The molecule has 1 atom stereocenters. The van der Waals surface area contributed by atoms with Crippen molar-refractivity contribution >= 4 is 12.0 Å². The number of aliphatic carboxylic acids is 1. The highest BCUT2D eigenvalue weighted by molar-refractivity contribution is 5.75. The first kappa shape index (κ1) is 12.8. The molecule has 0 aliphatic heterocycles. The Balaban J connectivity index is 2.15. The zero-order chi connectivity index (χ0) is 12.1. The molecule has 16 heavy (non-hydrogen) atoms. The smallest absolute Gasteiger partial charge is 0.317 e. The number of amides is 2. The highest BCUT2D eigenvalue weighted by atomic mass is 16.4. The normalized spacial score (nSPS) is 16.6. The lowest BCUT2D eigenvalue weighted by Crippen LogP contribution is -2.41. The van der Waals surface area contributed by atoms with Gasteiger partial charge in [-0.3, -0.25) is 4.79 Å². The third-order valence-electron chi connectivity index (χ3n) is 2.84. The van der Waals surface area contributed by atoms with Crippen molar-refractivity contribution in [2.75, 3.05) is 20.1 Å². The Hall–Kier alpha value is -1.26. The van der Waals surface area contributed by atoms with Crippen LogP contribution in [-0.2, 0) is 4.79 Å². The SMILES string of the molecule is CC(CN(C)C(=O)NCCC1CC1)C(=O)O. The molecule has 5 heteroatoms. The third kappa shape index (κ3) is 4.51. The molecular formula is C11H20N2O3. The summed E-state index contributed by atoms with van der Waals surface area (Å²) < 4.78 is 0. The molecule has 2 N–H and O–H groups in total. The van der Waals surface area contributed by atoms with Crippen molar-refractivity contribution in [2.45, 2.75) is 26.2 Å². The average Bonchev–Trinajstić information content (AvgIpc) is 3.01. The van der Waals surface area contributed by atoms with Gasteiger partial charge in [-0.1, -0.05) is 19.8 Å². The molecular weight excluding hydrogens is 208 g/mol. The molecule has 0 radical (unpaired) electrons. The fraction of sp³-hybridized carbons (Fsp3) is 0.818. The number of hydrogen-bond acceptors (Lipinski definition) is 2. The second kappa shape index (κ2) is 5.72. The molecule has 1 rings (SSSR count). The second-order valence-corrected chi connectivity index (χ2v) is 4.58. The lowest BCUT2D eigenvalue weighted by atomic mass is 10.2. The zero-order valence-electron chi connectivity index (χ0n) is 9.90. The largest absolute Gasteiger partial charge is 0.481 e. The van der Waals surface area contributed by atoms with Crippen LogP contribution in [-0.4, -0.2) is 42.1 Å². The lowest BCUT2D eigenvalue weighted by molar-refractivity contribution is -0.141. The van der Waals surface area contributed by atoms with E-state index in [4.69, 9.17) is 5.11 Å². The number of nitrogens with one attached hydrogen (secondary N) is 1. The van der Waals surface area contributed by atoms with E-state index >= 15 is 0 Å². The molecule has 0 aromatic heterocycles. The highest BCUT2D eigenvalue weighted by Crippen LogP contribution is 2.31. The van der Waals surface area contributed by atoms with Gasteiger partial charge in [0.05, 0.1) is 5.92 Å². The predicted octanol–water partition coefficient (Wildman–Crippen LogP) is 1.15. The number of carboxylic acid groups (broad SMARTS) is 1. The Kier molecular flexibility index (Phi) is 4.58. The number of carbonyl (C=O) groups excluding carboxylic acids is 1. The van der Waals surface area contributed by atoms with Gasteiger partial charge in [0.1, 0.15) is 0 Å². The number of carbonyl (C=O) groups is 2. The van der Waals surface area contributed by atoms with E-state index in [9.17, 15) is 9.59 Å². The van der Waals surface area contributed by atoms with Crippen molar-refractivity contribution in [3.63, 3.8) is 0 Å². The summed E-state index contributed by atoms with van der Waals surface area (Å²) >= 11 is 0. The number of carboxylic acids is 1. The molecule has 0 bridgehead atoms. The first-order chi connectivity index (χ1) is 7.50. The van der Waals surface area contributed by atoms with Crippen molar-refractivity contribution < 1.29 is 14.7 Å². The number of urea groups is 1. The van der Waals surface area contributed by atoms with E-state index < -0.39 is 11.9 Å². The van der Waals surface area contributed by atoms with Gasteiger partial charge in [-0.2, -0.15) is 0 Å². The molecule has 1 unspecified atom stereocenters. The van der Waals surface area contributed by atoms with Crippen LogP contribution in [0.5, 0.6) is 0 Å². The maximum Gasteiger partial charge on any atom is 0.317 e. The lowest BCUT2D eigenvalue weighted by Gasteiger charge is -2.19. The Labute approximate surface area is 95.8 Å². The highest BCUT2D eigenvalue weighted by Gasteiger charge is 2.21. The fourth-order valence-electron chi connectivity index (χ4n) is 1.50. The first-order valence-electron chi connectivity index (χ1n) is 5.72. The number of hydrogen-bond donors (Lipinski definition) is 2. The van der Waals surface area contributed by atoms with E-state index in [2.05, 4.69) is 5.32 Å². The minimum absolute atomic E-state index is 0.186. The maximum atomic E-state index is 11.5. The minimum atomic E-state index is -0.877. The first-order valence-corrected chi connectivity index (χ1v) is 5.72. The predicted molar refractivity (Wildman–Crippen MR) is 60.2 cm³/mol.